The van der Waals surface area contributed by atoms with E-state index in [2.05, 4.69) is 0 Å². The summed E-state index contributed by atoms with van der Waals surface area (Å²) >= 11 is 0. The largest absolute Gasteiger partial charge is 1.00 e. The van der Waals surface area contributed by atoms with Crippen molar-refractivity contribution < 1.29 is 50.2 Å². The number of hydrogen-bond acceptors (Lipinski definition) is 1. The summed E-state index contributed by atoms with van der Waals surface area (Å²) in [7, 11) is -4.64. The van der Waals surface area contributed by atoms with E-state index in [0.29, 0.717) is 0 Å². The van der Waals surface area contributed by atoms with E-state index in [1.54, 1.807) is 0 Å². The van der Waals surface area contributed by atoms with Gasteiger partial charge in [0.2, 0.25) is 0 Å². The molecule has 0 spiro atoms. The standard InChI is InChI=1S/Na.H3O4P.H3P.H/c;1-5(2,3)4;;/h;(H3,1,2,3,4);1H3;/q+1;;;-1. The zero-order valence-corrected chi connectivity index (χ0v) is 8.21. The van der Waals surface area contributed by atoms with Crippen molar-refractivity contribution in [2.75, 3.05) is 0 Å². The van der Waals surface area contributed by atoms with Crippen molar-refractivity contribution in [1.29, 1.82) is 0 Å². The van der Waals surface area contributed by atoms with Crippen LogP contribution in [0.5, 0.6) is 0 Å². The summed E-state index contributed by atoms with van der Waals surface area (Å²) in [5, 5.41) is 0. The number of phosphoric acid groups is 1. The van der Waals surface area contributed by atoms with Crippen LogP contribution >= 0.6 is 17.7 Å². The molecule has 0 aliphatic heterocycles. The molecule has 1 unspecified atom stereocenters. The van der Waals surface area contributed by atoms with Crippen LogP contribution in [-0.2, 0) is 4.57 Å². The Bertz CT molecular complexity index is 60.2. The Balaban J connectivity index is -0.0000000267. The van der Waals surface area contributed by atoms with E-state index < -0.39 is 7.82 Å². The fourth-order valence-electron chi connectivity index (χ4n) is 0. The van der Waals surface area contributed by atoms with Gasteiger partial charge in [-0.3, -0.25) is 0 Å². The van der Waals surface area contributed by atoms with Gasteiger partial charge in [-0.15, -0.1) is 0 Å². The quantitative estimate of drug-likeness (QED) is 0.248. The van der Waals surface area contributed by atoms with Gasteiger partial charge in [-0.05, 0) is 0 Å². The van der Waals surface area contributed by atoms with Crippen LogP contribution in [0, 0.1) is 0 Å². The van der Waals surface area contributed by atoms with Crippen molar-refractivity contribution in [3.8, 4) is 0 Å². The molecule has 0 aliphatic carbocycles. The molecule has 0 aliphatic rings. The topological polar surface area (TPSA) is 77.8 Å². The van der Waals surface area contributed by atoms with Crippen LogP contribution in [0.2, 0.25) is 0 Å². The zero-order chi connectivity index (χ0) is 4.50. The summed E-state index contributed by atoms with van der Waals surface area (Å²) in [6.45, 7) is 0. The molecule has 42 valence electrons. The monoisotopic (exact) mass is 156 g/mol. The maximum atomic E-state index is 8.88. The maximum absolute atomic E-state index is 8.88. The van der Waals surface area contributed by atoms with Gasteiger partial charge in [0.1, 0.15) is 0 Å². The Kier molecular flexibility index (Phi) is 12.8. The average molecular weight is 156 g/mol. The molecule has 0 radical (unpaired) electrons. The normalized spacial score (nSPS) is 8.43. The van der Waals surface area contributed by atoms with Gasteiger partial charge in [0, 0.05) is 0 Å². The van der Waals surface area contributed by atoms with E-state index in [4.69, 9.17) is 19.2 Å². The molecule has 0 amide bonds. The van der Waals surface area contributed by atoms with E-state index in [0.717, 1.165) is 0 Å². The smallest absolute Gasteiger partial charge is 1.00 e. The molecule has 0 fully saturated rings. The fourth-order valence-corrected chi connectivity index (χ4v) is 0. The molecule has 0 saturated heterocycles. The molecule has 0 rings (SSSR count). The molecule has 4 nitrogen and oxygen atoms in total. The molecule has 0 heterocycles. The first kappa shape index (κ1) is 15.8. The second-order valence-corrected chi connectivity index (χ2v) is 1.54. The summed E-state index contributed by atoms with van der Waals surface area (Å²) in [4.78, 5) is 21.6. The van der Waals surface area contributed by atoms with Crippen LogP contribution in [0.3, 0.4) is 0 Å². The average Bonchev–Trinajstić information content (AvgIpc) is 0.722. The Labute approximate surface area is 68.0 Å². The summed E-state index contributed by atoms with van der Waals surface area (Å²) < 4.78 is 8.88. The Morgan fingerprint density at radius 3 is 1.29 bits per heavy atom. The molecule has 0 aromatic heterocycles. The van der Waals surface area contributed by atoms with E-state index >= 15 is 0 Å². The van der Waals surface area contributed by atoms with Crippen molar-refractivity contribution in [2.45, 2.75) is 0 Å². The van der Waals surface area contributed by atoms with Gasteiger partial charge in [-0.25, -0.2) is 4.57 Å². The van der Waals surface area contributed by atoms with Crippen LogP contribution in [0.4, 0.5) is 0 Å². The SMILES string of the molecule is O=P(O)(O)O.P.[H-].[Na+]. The first-order valence-corrected chi connectivity index (χ1v) is 2.35. The summed E-state index contributed by atoms with van der Waals surface area (Å²) in [6.07, 6.45) is 0. The maximum Gasteiger partial charge on any atom is 1.00 e. The van der Waals surface area contributed by atoms with Crippen molar-refractivity contribution in [1.82, 2.24) is 0 Å². The predicted molar refractivity (Wildman–Crippen MR) is 26.5 cm³/mol. The third-order valence-electron chi connectivity index (χ3n) is 0. The molecular weight excluding hydrogens is 149 g/mol. The molecule has 0 aromatic carbocycles. The van der Waals surface area contributed by atoms with E-state index in [1.807, 2.05) is 0 Å². The van der Waals surface area contributed by atoms with Gasteiger partial charge in [0.15, 0.2) is 0 Å². The van der Waals surface area contributed by atoms with E-state index in [-0.39, 0.29) is 40.9 Å². The Hall–Kier alpha value is 1.54. The van der Waals surface area contributed by atoms with Gasteiger partial charge < -0.3 is 16.1 Å². The molecule has 0 bridgehead atoms. The van der Waals surface area contributed by atoms with Crippen molar-refractivity contribution in [2.24, 2.45) is 0 Å². The van der Waals surface area contributed by atoms with Crippen LogP contribution in [0.15, 0.2) is 0 Å². The van der Waals surface area contributed by atoms with Crippen LogP contribution in [-0.4, -0.2) is 14.7 Å². The molecule has 7 heteroatoms. The molecule has 0 saturated carbocycles. The van der Waals surface area contributed by atoms with Gasteiger partial charge in [0.05, 0.1) is 0 Å². The third-order valence-corrected chi connectivity index (χ3v) is 0. The van der Waals surface area contributed by atoms with Crippen molar-refractivity contribution in [3.63, 3.8) is 0 Å². The summed E-state index contributed by atoms with van der Waals surface area (Å²) in [5.41, 5.74) is 0. The van der Waals surface area contributed by atoms with Gasteiger partial charge in [-0.2, -0.15) is 9.90 Å². The van der Waals surface area contributed by atoms with Crippen molar-refractivity contribution >= 4 is 17.7 Å². The first-order valence-electron chi connectivity index (χ1n) is 0.783. The molecule has 1 atom stereocenters. The molecule has 0 aromatic rings. The van der Waals surface area contributed by atoms with Gasteiger partial charge in [0.25, 0.3) is 0 Å². The summed E-state index contributed by atoms with van der Waals surface area (Å²) in [6, 6.07) is 0. The van der Waals surface area contributed by atoms with Gasteiger partial charge >= 0.3 is 37.4 Å². The minimum absolute atomic E-state index is 0. The first-order chi connectivity index (χ1) is 2.00. The van der Waals surface area contributed by atoms with E-state index in [1.165, 1.54) is 0 Å². The van der Waals surface area contributed by atoms with E-state index in [9.17, 15) is 0 Å². The predicted octanol–water partition coefficient (Wildman–Crippen LogP) is -3.75. The fraction of sp³-hybridized carbons (Fsp3) is 0. The third kappa shape index (κ3) is 97.6. The molecular formula is H7NaO4P2. The van der Waals surface area contributed by atoms with Gasteiger partial charge in [-0.1, -0.05) is 0 Å². The number of rotatable bonds is 0. The summed E-state index contributed by atoms with van der Waals surface area (Å²) in [5.74, 6) is 0. The second-order valence-electron chi connectivity index (χ2n) is 0.513. The van der Waals surface area contributed by atoms with Crippen molar-refractivity contribution in [3.05, 3.63) is 0 Å². The van der Waals surface area contributed by atoms with Crippen LogP contribution in [0.1, 0.15) is 1.43 Å². The Morgan fingerprint density at radius 1 is 1.29 bits per heavy atom. The molecule has 7 heavy (non-hydrogen) atoms. The number of hydrogen-bond donors (Lipinski definition) is 3. The zero-order valence-electron chi connectivity index (χ0n) is 4.90. The van der Waals surface area contributed by atoms with Crippen LogP contribution < -0.4 is 29.6 Å². The molecule has 3 N–H and O–H groups in total. The Morgan fingerprint density at radius 2 is 1.29 bits per heavy atom. The minimum Gasteiger partial charge on any atom is -1.00 e. The van der Waals surface area contributed by atoms with Crippen LogP contribution in [0.25, 0.3) is 0 Å². The second kappa shape index (κ2) is 5.67. The minimum atomic E-state index is -4.64.